The van der Waals surface area contributed by atoms with Crippen molar-refractivity contribution in [3.8, 4) is 0 Å². The quantitative estimate of drug-likeness (QED) is 0.0534. The Morgan fingerprint density at radius 2 is 0.750 bits per heavy atom. The zero-order valence-corrected chi connectivity index (χ0v) is 35.5. The van der Waals surface area contributed by atoms with E-state index in [2.05, 4.69) is 54.2 Å². The molecule has 0 amide bonds. The van der Waals surface area contributed by atoms with Crippen LogP contribution >= 0.6 is 0 Å². The smallest absolute Gasteiger partial charge is 0.0468 e. The fourth-order valence-corrected chi connectivity index (χ4v) is 6.23. The molecule has 0 bridgehead atoms. The van der Waals surface area contributed by atoms with Crippen molar-refractivity contribution in [2.45, 2.75) is 254 Å². The number of hydrogen-bond donors (Lipinski definition) is 1. The second-order valence-electron chi connectivity index (χ2n) is 14.2. The summed E-state index contributed by atoms with van der Waals surface area (Å²) in [4.78, 5) is 0. The van der Waals surface area contributed by atoms with E-state index in [1.54, 1.807) is 0 Å². The molecule has 0 aromatic heterocycles. The lowest BCUT2D eigenvalue weighted by Gasteiger charge is -2.16. The Balaban J connectivity index is -0.000000313. The number of nitrogens with two attached hydrogens (primary N) is 1. The average Bonchev–Trinajstić information content (AvgIpc) is 3.11. The molecular weight excluding hydrogens is 583 g/mol. The van der Waals surface area contributed by atoms with E-state index in [1.165, 1.54) is 199 Å². The summed E-state index contributed by atoms with van der Waals surface area (Å²) in [5.74, 6) is 1.71. The predicted molar refractivity (Wildman–Crippen MR) is 226 cm³/mol. The molecule has 2 nitrogen and oxygen atoms in total. The molecule has 2 heteroatoms. The third-order valence-electron chi connectivity index (χ3n) is 9.55. The Morgan fingerprint density at radius 1 is 0.438 bits per heavy atom. The maximum absolute atomic E-state index is 5.55. The number of unbranched alkanes of at least 4 members (excludes halogenated alkanes) is 21. The second-order valence-corrected chi connectivity index (χ2v) is 14.2. The lowest BCUT2D eigenvalue weighted by Crippen LogP contribution is -2.06. The van der Waals surface area contributed by atoms with Crippen molar-refractivity contribution in [3.63, 3.8) is 0 Å². The van der Waals surface area contributed by atoms with Crippen molar-refractivity contribution in [1.29, 1.82) is 0 Å². The Kier molecular flexibility index (Phi) is 63.6. The summed E-state index contributed by atoms with van der Waals surface area (Å²) in [5.41, 5.74) is 5.34. The first kappa shape index (κ1) is 54.4. The molecule has 48 heavy (non-hydrogen) atoms. The van der Waals surface area contributed by atoms with Gasteiger partial charge in [0.2, 0.25) is 0 Å². The van der Waals surface area contributed by atoms with E-state index < -0.39 is 0 Å². The van der Waals surface area contributed by atoms with Crippen LogP contribution in [0.25, 0.3) is 0 Å². The second kappa shape index (κ2) is 56.1. The molecule has 2 unspecified atom stereocenters. The Morgan fingerprint density at radius 3 is 1.08 bits per heavy atom. The summed E-state index contributed by atoms with van der Waals surface area (Å²) in [6, 6.07) is 0. The SMILES string of the molecule is C=CC(CCCCCC)CCCCCCCC.CC.CCCCCCCCC(CCCCCC)CCOCC.CCCCCCCCN. The third kappa shape index (κ3) is 55.1. The van der Waals surface area contributed by atoms with Crippen molar-refractivity contribution in [2.75, 3.05) is 19.8 Å². The van der Waals surface area contributed by atoms with Crippen molar-refractivity contribution in [1.82, 2.24) is 0 Å². The van der Waals surface area contributed by atoms with E-state index in [0.717, 1.165) is 31.6 Å². The Bertz CT molecular complexity index is 486. The van der Waals surface area contributed by atoms with Crippen molar-refractivity contribution >= 4 is 0 Å². The summed E-state index contributed by atoms with van der Waals surface area (Å²) in [6.45, 7) is 24.2. The maximum Gasteiger partial charge on any atom is 0.0468 e. The Hall–Kier alpha value is -0.340. The fraction of sp³-hybridized carbons (Fsp3) is 0.957. The van der Waals surface area contributed by atoms with Gasteiger partial charge in [0.25, 0.3) is 0 Å². The Labute approximate surface area is 308 Å². The van der Waals surface area contributed by atoms with Crippen LogP contribution in [0.15, 0.2) is 12.7 Å². The molecule has 0 radical (unpaired) electrons. The molecule has 0 fully saturated rings. The van der Waals surface area contributed by atoms with Gasteiger partial charge in [0.1, 0.15) is 0 Å². The molecule has 0 aliphatic carbocycles. The molecule has 0 saturated carbocycles. The minimum absolute atomic E-state index is 0.790. The van der Waals surface area contributed by atoms with Crippen LogP contribution in [0, 0.1) is 11.8 Å². The van der Waals surface area contributed by atoms with Gasteiger partial charge in [0.05, 0.1) is 0 Å². The largest absolute Gasteiger partial charge is 0.382 e. The van der Waals surface area contributed by atoms with Gasteiger partial charge in [-0.2, -0.15) is 0 Å². The first-order chi connectivity index (χ1) is 23.6. The summed E-state index contributed by atoms with van der Waals surface area (Å²) >= 11 is 0. The number of ether oxygens (including phenoxy) is 1. The van der Waals surface area contributed by atoms with Crippen LogP contribution < -0.4 is 5.73 Å². The monoisotopic (exact) mass is 682 g/mol. The number of allylic oxidation sites excluding steroid dienone is 1. The van der Waals surface area contributed by atoms with E-state index in [-0.39, 0.29) is 0 Å². The molecular formula is C46H99NO. The van der Waals surface area contributed by atoms with Crippen LogP contribution in [0.1, 0.15) is 254 Å². The number of hydrogen-bond acceptors (Lipinski definition) is 2. The zero-order chi connectivity index (χ0) is 36.6. The lowest BCUT2D eigenvalue weighted by atomic mass is 9.92. The fourth-order valence-electron chi connectivity index (χ4n) is 6.23. The van der Waals surface area contributed by atoms with Crippen molar-refractivity contribution in [2.24, 2.45) is 17.6 Å². The van der Waals surface area contributed by atoms with E-state index in [1.807, 2.05) is 13.8 Å². The molecule has 0 spiro atoms. The van der Waals surface area contributed by atoms with Crippen LogP contribution in [0.2, 0.25) is 0 Å². The molecule has 0 aliphatic heterocycles. The lowest BCUT2D eigenvalue weighted by molar-refractivity contribution is 0.128. The van der Waals surface area contributed by atoms with Gasteiger partial charge in [-0.05, 0) is 51.0 Å². The summed E-state index contributed by atoms with van der Waals surface area (Å²) in [6.07, 6.45) is 45.4. The summed E-state index contributed by atoms with van der Waals surface area (Å²) in [7, 11) is 0. The normalized spacial score (nSPS) is 11.8. The summed E-state index contributed by atoms with van der Waals surface area (Å²) in [5, 5.41) is 0. The molecule has 0 heterocycles. The van der Waals surface area contributed by atoms with Gasteiger partial charge in [0, 0.05) is 13.2 Å². The minimum atomic E-state index is 0.790. The van der Waals surface area contributed by atoms with Gasteiger partial charge in [0.15, 0.2) is 0 Å². The standard InChI is InChI=1S/C19H40O.C17H34.C8H19N.C2H6/c1-4-7-9-11-12-14-16-19(17-18-20-6-3)15-13-10-8-5-2;1-4-7-9-11-12-14-16-17(6-3)15-13-10-8-5-2;1-2-3-4-5-6-7-8-9;1-2/h19H,4-18H2,1-3H3;6,17H,3-5,7-16H2,1-2H3;2-9H2,1H3;1-2H3. The molecule has 0 aliphatic rings. The third-order valence-corrected chi connectivity index (χ3v) is 9.55. The molecule has 0 aromatic rings. The highest BCUT2D eigenvalue weighted by molar-refractivity contribution is 4.78. The molecule has 0 saturated heterocycles. The molecule has 0 aromatic carbocycles. The van der Waals surface area contributed by atoms with E-state index in [9.17, 15) is 0 Å². The highest BCUT2D eigenvalue weighted by Crippen LogP contribution is 2.22. The minimum Gasteiger partial charge on any atom is -0.382 e. The first-order valence-electron chi connectivity index (χ1n) is 22.5. The maximum atomic E-state index is 5.55. The molecule has 2 atom stereocenters. The number of rotatable bonds is 35. The van der Waals surface area contributed by atoms with Crippen molar-refractivity contribution in [3.05, 3.63) is 12.7 Å². The van der Waals surface area contributed by atoms with Gasteiger partial charge in [-0.3, -0.25) is 0 Å². The highest BCUT2D eigenvalue weighted by Gasteiger charge is 2.08. The molecule has 2 N–H and O–H groups in total. The van der Waals surface area contributed by atoms with E-state index >= 15 is 0 Å². The molecule has 294 valence electrons. The van der Waals surface area contributed by atoms with E-state index in [4.69, 9.17) is 10.5 Å². The topological polar surface area (TPSA) is 35.2 Å². The van der Waals surface area contributed by atoms with Crippen molar-refractivity contribution < 1.29 is 4.74 Å². The van der Waals surface area contributed by atoms with Gasteiger partial charge < -0.3 is 10.5 Å². The van der Waals surface area contributed by atoms with E-state index in [0.29, 0.717) is 0 Å². The van der Waals surface area contributed by atoms with Crippen LogP contribution in [0.5, 0.6) is 0 Å². The highest BCUT2D eigenvalue weighted by atomic mass is 16.5. The van der Waals surface area contributed by atoms with Gasteiger partial charge in [-0.25, -0.2) is 0 Å². The predicted octanol–water partition coefficient (Wildman–Crippen LogP) is 16.6. The summed E-state index contributed by atoms with van der Waals surface area (Å²) < 4.78 is 5.55. The van der Waals surface area contributed by atoms with Crippen LogP contribution in [0.4, 0.5) is 0 Å². The van der Waals surface area contributed by atoms with Gasteiger partial charge in [-0.1, -0.05) is 228 Å². The van der Waals surface area contributed by atoms with Gasteiger partial charge >= 0.3 is 0 Å². The zero-order valence-electron chi connectivity index (χ0n) is 35.5. The molecule has 0 rings (SSSR count). The van der Waals surface area contributed by atoms with Crippen LogP contribution in [-0.2, 0) is 4.74 Å². The average molecular weight is 682 g/mol. The van der Waals surface area contributed by atoms with Crippen LogP contribution in [-0.4, -0.2) is 19.8 Å². The van der Waals surface area contributed by atoms with Gasteiger partial charge in [-0.15, -0.1) is 6.58 Å². The van der Waals surface area contributed by atoms with Crippen LogP contribution in [0.3, 0.4) is 0 Å². The first-order valence-corrected chi connectivity index (χ1v) is 22.5.